The van der Waals surface area contributed by atoms with Gasteiger partial charge in [0.15, 0.2) is 0 Å². The molecule has 0 bridgehead atoms. The van der Waals surface area contributed by atoms with Gasteiger partial charge in [-0.2, -0.15) is 13.2 Å². The van der Waals surface area contributed by atoms with Crippen LogP contribution in [0.25, 0.3) is 0 Å². The fraction of sp³-hybridized carbons (Fsp3) is 0.588. The number of carbonyl (C=O) groups is 1. The Bertz CT molecular complexity index is 569. The summed E-state index contributed by atoms with van der Waals surface area (Å²) in [7, 11) is 0. The lowest BCUT2D eigenvalue weighted by molar-refractivity contribution is -0.198. The summed E-state index contributed by atoms with van der Waals surface area (Å²) in [5.74, 6) is -3.92. The minimum atomic E-state index is -4.40. The van der Waals surface area contributed by atoms with Gasteiger partial charge in [0, 0.05) is 5.92 Å². The summed E-state index contributed by atoms with van der Waals surface area (Å²) in [4.78, 5) is 12.2. The summed E-state index contributed by atoms with van der Waals surface area (Å²) in [5.41, 5.74) is -1.12. The number of alkyl halides is 3. The first-order chi connectivity index (χ1) is 11.1. The second-order valence-corrected chi connectivity index (χ2v) is 6.54. The van der Waals surface area contributed by atoms with Crippen molar-refractivity contribution < 1.29 is 27.5 Å². The molecular weight excluding hydrogens is 326 g/mol. The third kappa shape index (κ3) is 4.47. The Morgan fingerprint density at radius 3 is 2.38 bits per heavy atom. The van der Waals surface area contributed by atoms with E-state index in [1.165, 1.54) is 31.2 Å². The lowest BCUT2D eigenvalue weighted by Crippen LogP contribution is -2.46. The third-order valence-electron chi connectivity index (χ3n) is 4.60. The van der Waals surface area contributed by atoms with Crippen LogP contribution in [-0.4, -0.2) is 23.7 Å². The van der Waals surface area contributed by atoms with E-state index in [0.29, 0.717) is 18.4 Å². The lowest BCUT2D eigenvalue weighted by atomic mass is 9.78. The van der Waals surface area contributed by atoms with Crippen LogP contribution in [0.3, 0.4) is 0 Å². The normalized spacial score (nSPS) is 24.2. The second kappa shape index (κ2) is 7.09. The van der Waals surface area contributed by atoms with E-state index in [1.807, 2.05) is 0 Å². The Hall–Kier alpha value is -1.63. The van der Waals surface area contributed by atoms with Crippen LogP contribution in [0.15, 0.2) is 24.3 Å². The quantitative estimate of drug-likeness (QED) is 0.819. The van der Waals surface area contributed by atoms with Crippen LogP contribution in [0, 0.1) is 17.7 Å². The van der Waals surface area contributed by atoms with Crippen LogP contribution in [0.1, 0.15) is 38.2 Å². The highest BCUT2D eigenvalue weighted by Gasteiger charge is 2.48. The summed E-state index contributed by atoms with van der Waals surface area (Å²) in [6.07, 6.45) is -3.22. The molecule has 2 rings (SSSR count). The minimum absolute atomic E-state index is 0.0457. The average molecular weight is 347 g/mol. The maximum absolute atomic E-state index is 13.1. The first-order valence-corrected chi connectivity index (χ1v) is 7.94. The number of aliphatic hydroxyl groups is 1. The van der Waals surface area contributed by atoms with Crippen molar-refractivity contribution in [2.75, 3.05) is 6.54 Å². The van der Waals surface area contributed by atoms with Gasteiger partial charge in [0.1, 0.15) is 11.4 Å². The number of carbonyl (C=O) groups excluding carboxylic acids is 1. The zero-order valence-corrected chi connectivity index (χ0v) is 13.4. The zero-order chi connectivity index (χ0) is 18.0. The van der Waals surface area contributed by atoms with Crippen LogP contribution >= 0.6 is 0 Å². The van der Waals surface area contributed by atoms with Crippen molar-refractivity contribution >= 4 is 5.91 Å². The molecule has 3 nitrogen and oxygen atoms in total. The van der Waals surface area contributed by atoms with Gasteiger partial charge >= 0.3 is 6.18 Å². The summed E-state index contributed by atoms with van der Waals surface area (Å²) >= 11 is 0. The van der Waals surface area contributed by atoms with Gasteiger partial charge < -0.3 is 10.4 Å². The second-order valence-electron chi connectivity index (χ2n) is 6.54. The number of benzene rings is 1. The van der Waals surface area contributed by atoms with Gasteiger partial charge in [-0.15, -0.1) is 0 Å². The Kier molecular flexibility index (Phi) is 5.52. The summed E-state index contributed by atoms with van der Waals surface area (Å²) < 4.78 is 52.1. The van der Waals surface area contributed by atoms with E-state index in [-0.39, 0.29) is 19.4 Å². The first-order valence-electron chi connectivity index (χ1n) is 7.94. The molecule has 1 amide bonds. The summed E-state index contributed by atoms with van der Waals surface area (Å²) in [6.45, 7) is 1.18. The van der Waals surface area contributed by atoms with E-state index in [1.54, 1.807) is 0 Å². The predicted molar refractivity (Wildman–Crippen MR) is 80.5 cm³/mol. The minimum Gasteiger partial charge on any atom is -0.384 e. The van der Waals surface area contributed by atoms with E-state index in [2.05, 4.69) is 5.32 Å². The average Bonchev–Trinajstić information content (AvgIpc) is 2.52. The van der Waals surface area contributed by atoms with E-state index in [0.717, 1.165) is 0 Å². The Morgan fingerprint density at radius 1 is 1.21 bits per heavy atom. The van der Waals surface area contributed by atoms with Crippen molar-refractivity contribution in [3.8, 4) is 0 Å². The molecule has 0 heterocycles. The van der Waals surface area contributed by atoms with Crippen molar-refractivity contribution in [3.63, 3.8) is 0 Å². The van der Waals surface area contributed by atoms with Gasteiger partial charge in [-0.25, -0.2) is 4.39 Å². The molecule has 1 fully saturated rings. The Balaban J connectivity index is 2.02. The summed E-state index contributed by atoms with van der Waals surface area (Å²) in [5, 5.41) is 12.8. The van der Waals surface area contributed by atoms with E-state index >= 15 is 0 Å². The molecule has 0 saturated heterocycles. The topological polar surface area (TPSA) is 49.3 Å². The number of hydrogen-bond acceptors (Lipinski definition) is 2. The van der Waals surface area contributed by atoms with Crippen LogP contribution in [0.4, 0.5) is 17.6 Å². The fourth-order valence-corrected chi connectivity index (χ4v) is 3.14. The molecule has 3 atom stereocenters. The van der Waals surface area contributed by atoms with Gasteiger partial charge in [-0.1, -0.05) is 25.0 Å². The van der Waals surface area contributed by atoms with Crippen LogP contribution in [0.5, 0.6) is 0 Å². The molecule has 1 aliphatic rings. The zero-order valence-electron chi connectivity index (χ0n) is 13.4. The standard InChI is InChI=1S/C17H21F4NO2/c1-16(24,11-6-8-12(18)9-7-11)10-22-15(23)13-4-2-3-5-14(13)17(19,20)21/h6-9,13-14,24H,2-5,10H2,1H3,(H,22,23). The molecule has 0 radical (unpaired) electrons. The molecule has 1 aliphatic carbocycles. The molecule has 0 aromatic heterocycles. The molecule has 24 heavy (non-hydrogen) atoms. The van der Waals surface area contributed by atoms with E-state index < -0.39 is 35.3 Å². The van der Waals surface area contributed by atoms with E-state index in [4.69, 9.17) is 0 Å². The molecule has 3 unspecified atom stereocenters. The fourth-order valence-electron chi connectivity index (χ4n) is 3.14. The maximum Gasteiger partial charge on any atom is 0.392 e. The number of hydrogen-bond donors (Lipinski definition) is 2. The van der Waals surface area contributed by atoms with E-state index in [9.17, 15) is 27.5 Å². The Morgan fingerprint density at radius 2 is 1.79 bits per heavy atom. The number of nitrogens with one attached hydrogen (secondary N) is 1. The predicted octanol–water partition coefficient (Wildman–Crippen LogP) is 3.52. The highest BCUT2D eigenvalue weighted by atomic mass is 19.4. The molecule has 1 aromatic carbocycles. The molecule has 7 heteroatoms. The smallest absolute Gasteiger partial charge is 0.384 e. The van der Waals surface area contributed by atoms with Crippen LogP contribution < -0.4 is 5.32 Å². The van der Waals surface area contributed by atoms with Crippen molar-refractivity contribution in [1.82, 2.24) is 5.32 Å². The van der Waals surface area contributed by atoms with Crippen molar-refractivity contribution in [2.45, 2.75) is 44.4 Å². The molecule has 1 aromatic rings. The van der Waals surface area contributed by atoms with Gasteiger partial charge in [-0.05, 0) is 37.5 Å². The van der Waals surface area contributed by atoms with Gasteiger partial charge in [0.2, 0.25) is 5.91 Å². The SMILES string of the molecule is CC(O)(CNC(=O)C1CCCCC1C(F)(F)F)c1ccc(F)cc1. The Labute approximate surface area is 138 Å². The largest absolute Gasteiger partial charge is 0.392 e. The number of amides is 1. The molecule has 2 N–H and O–H groups in total. The van der Waals surface area contributed by atoms with Gasteiger partial charge in [-0.3, -0.25) is 4.79 Å². The van der Waals surface area contributed by atoms with Crippen molar-refractivity contribution in [3.05, 3.63) is 35.6 Å². The molecule has 1 saturated carbocycles. The molecular formula is C17H21F4NO2. The highest BCUT2D eigenvalue weighted by Crippen LogP contribution is 2.41. The molecule has 0 spiro atoms. The third-order valence-corrected chi connectivity index (χ3v) is 4.60. The van der Waals surface area contributed by atoms with Crippen molar-refractivity contribution in [2.24, 2.45) is 11.8 Å². The number of rotatable bonds is 4. The number of halogens is 4. The highest BCUT2D eigenvalue weighted by molar-refractivity contribution is 5.79. The van der Waals surface area contributed by atoms with Crippen LogP contribution in [-0.2, 0) is 10.4 Å². The summed E-state index contributed by atoms with van der Waals surface area (Å²) in [6, 6.07) is 5.10. The lowest BCUT2D eigenvalue weighted by Gasteiger charge is -2.33. The van der Waals surface area contributed by atoms with Gasteiger partial charge in [0.05, 0.1) is 12.5 Å². The maximum atomic E-state index is 13.1. The monoisotopic (exact) mass is 347 g/mol. The molecule has 134 valence electrons. The van der Waals surface area contributed by atoms with Gasteiger partial charge in [0.25, 0.3) is 0 Å². The van der Waals surface area contributed by atoms with Crippen molar-refractivity contribution in [1.29, 1.82) is 0 Å². The molecule has 0 aliphatic heterocycles. The first kappa shape index (κ1) is 18.7. The van der Waals surface area contributed by atoms with Crippen LogP contribution in [0.2, 0.25) is 0 Å².